The highest BCUT2D eigenvalue weighted by Gasteiger charge is 2.14. The van der Waals surface area contributed by atoms with Crippen molar-refractivity contribution in [2.75, 3.05) is 0 Å². The van der Waals surface area contributed by atoms with E-state index in [1.807, 2.05) is 24.8 Å². The van der Waals surface area contributed by atoms with E-state index in [0.29, 0.717) is 5.92 Å². The molecule has 3 rings (SSSR count). The third-order valence-electron chi connectivity index (χ3n) is 3.70. The Labute approximate surface area is 131 Å². The van der Waals surface area contributed by atoms with Crippen molar-refractivity contribution in [3.63, 3.8) is 0 Å². The Hall–Kier alpha value is -2.42. The predicted molar refractivity (Wildman–Crippen MR) is 89.5 cm³/mol. The van der Waals surface area contributed by atoms with Gasteiger partial charge in [-0.3, -0.25) is 4.98 Å². The van der Waals surface area contributed by atoms with Crippen LogP contribution in [-0.2, 0) is 13.0 Å². The highest BCUT2D eigenvalue weighted by atomic mass is 15.1. The number of aromatic nitrogens is 3. The Bertz CT molecular complexity index is 715. The Balaban J connectivity index is 1.98. The van der Waals surface area contributed by atoms with Gasteiger partial charge in [-0.25, -0.2) is 4.98 Å². The lowest BCUT2D eigenvalue weighted by molar-refractivity contribution is 0.605. The molecule has 0 aliphatic rings. The van der Waals surface area contributed by atoms with Gasteiger partial charge in [0, 0.05) is 30.2 Å². The molecule has 3 nitrogen and oxygen atoms in total. The Morgan fingerprint density at radius 1 is 1.00 bits per heavy atom. The van der Waals surface area contributed by atoms with Gasteiger partial charge in [0.25, 0.3) is 0 Å². The summed E-state index contributed by atoms with van der Waals surface area (Å²) in [5.74, 6) is 0.593. The van der Waals surface area contributed by atoms with E-state index in [-0.39, 0.29) is 0 Å². The van der Waals surface area contributed by atoms with E-state index in [1.54, 1.807) is 0 Å². The molecular weight excluding hydrogens is 270 g/mol. The summed E-state index contributed by atoms with van der Waals surface area (Å²) in [6.07, 6.45) is 6.66. The average Bonchev–Trinajstić information content (AvgIpc) is 2.91. The molecule has 3 aromatic rings. The van der Waals surface area contributed by atoms with Crippen LogP contribution < -0.4 is 0 Å². The van der Waals surface area contributed by atoms with Crippen LogP contribution in [0.15, 0.2) is 61.2 Å². The molecule has 0 amide bonds. The van der Waals surface area contributed by atoms with Crippen molar-refractivity contribution >= 4 is 0 Å². The van der Waals surface area contributed by atoms with Gasteiger partial charge in [-0.1, -0.05) is 44.2 Å². The fourth-order valence-corrected chi connectivity index (χ4v) is 2.67. The minimum atomic E-state index is 0.593. The molecular formula is C19H21N3. The van der Waals surface area contributed by atoms with Crippen LogP contribution in [0.3, 0.4) is 0 Å². The maximum Gasteiger partial charge on any atom is 0.0959 e. The average molecular weight is 291 g/mol. The standard InChI is InChI=1S/C19H21N3/c1-15(2)12-18-19(17-6-4-3-5-7-17)21-14-22(18)13-16-8-10-20-11-9-16/h3-11,14-15H,12-13H2,1-2H3. The van der Waals surface area contributed by atoms with E-state index < -0.39 is 0 Å². The molecule has 0 spiro atoms. The van der Waals surface area contributed by atoms with Crippen molar-refractivity contribution in [3.05, 3.63) is 72.4 Å². The van der Waals surface area contributed by atoms with Crippen molar-refractivity contribution < 1.29 is 0 Å². The summed E-state index contributed by atoms with van der Waals surface area (Å²) in [6.45, 7) is 5.33. The monoisotopic (exact) mass is 291 g/mol. The third kappa shape index (κ3) is 3.25. The van der Waals surface area contributed by atoms with E-state index in [2.05, 4.69) is 64.8 Å². The predicted octanol–water partition coefficient (Wildman–Crippen LogP) is 4.19. The van der Waals surface area contributed by atoms with Crippen molar-refractivity contribution in [1.29, 1.82) is 0 Å². The molecule has 0 aliphatic carbocycles. The molecule has 0 aliphatic heterocycles. The van der Waals surface area contributed by atoms with Crippen LogP contribution >= 0.6 is 0 Å². The lowest BCUT2D eigenvalue weighted by Crippen LogP contribution is -2.07. The van der Waals surface area contributed by atoms with E-state index in [1.165, 1.54) is 16.8 Å². The molecule has 2 aromatic heterocycles. The molecule has 22 heavy (non-hydrogen) atoms. The summed E-state index contributed by atoms with van der Waals surface area (Å²) in [4.78, 5) is 8.77. The van der Waals surface area contributed by atoms with Gasteiger partial charge in [0.15, 0.2) is 0 Å². The zero-order valence-electron chi connectivity index (χ0n) is 13.1. The summed E-state index contributed by atoms with van der Waals surface area (Å²) in [5, 5.41) is 0. The molecule has 1 aromatic carbocycles. The Kier molecular flexibility index (Phi) is 4.33. The van der Waals surface area contributed by atoms with E-state index >= 15 is 0 Å². The molecule has 0 radical (unpaired) electrons. The fourth-order valence-electron chi connectivity index (χ4n) is 2.67. The zero-order valence-corrected chi connectivity index (χ0v) is 13.1. The molecule has 0 saturated heterocycles. The van der Waals surface area contributed by atoms with Gasteiger partial charge in [-0.2, -0.15) is 0 Å². The molecule has 0 atom stereocenters. The largest absolute Gasteiger partial charge is 0.330 e. The second-order valence-corrected chi connectivity index (χ2v) is 5.99. The molecule has 0 fully saturated rings. The minimum absolute atomic E-state index is 0.593. The molecule has 0 unspecified atom stereocenters. The van der Waals surface area contributed by atoms with Crippen molar-refractivity contribution in [3.8, 4) is 11.3 Å². The van der Waals surface area contributed by atoms with E-state index in [4.69, 9.17) is 0 Å². The van der Waals surface area contributed by atoms with Crippen LogP contribution in [0.25, 0.3) is 11.3 Å². The number of rotatable bonds is 5. The Morgan fingerprint density at radius 2 is 1.73 bits per heavy atom. The maximum atomic E-state index is 4.68. The topological polar surface area (TPSA) is 30.7 Å². The fraction of sp³-hybridized carbons (Fsp3) is 0.263. The summed E-state index contributed by atoms with van der Waals surface area (Å²) in [5.41, 5.74) is 4.84. The van der Waals surface area contributed by atoms with Crippen LogP contribution in [0.4, 0.5) is 0 Å². The van der Waals surface area contributed by atoms with Gasteiger partial charge < -0.3 is 4.57 Å². The summed E-state index contributed by atoms with van der Waals surface area (Å²) < 4.78 is 2.26. The second-order valence-electron chi connectivity index (χ2n) is 5.99. The maximum absolute atomic E-state index is 4.68. The Morgan fingerprint density at radius 3 is 2.41 bits per heavy atom. The summed E-state index contributed by atoms with van der Waals surface area (Å²) in [7, 11) is 0. The first-order chi connectivity index (χ1) is 10.7. The molecule has 3 heteroatoms. The van der Waals surface area contributed by atoms with Crippen molar-refractivity contribution in [1.82, 2.24) is 14.5 Å². The van der Waals surface area contributed by atoms with Gasteiger partial charge >= 0.3 is 0 Å². The third-order valence-corrected chi connectivity index (χ3v) is 3.70. The van der Waals surface area contributed by atoms with Crippen LogP contribution in [-0.4, -0.2) is 14.5 Å². The smallest absolute Gasteiger partial charge is 0.0959 e. The first-order valence-corrected chi connectivity index (χ1v) is 7.72. The number of hydrogen-bond donors (Lipinski definition) is 0. The molecule has 112 valence electrons. The quantitative estimate of drug-likeness (QED) is 0.705. The summed E-state index contributed by atoms with van der Waals surface area (Å²) >= 11 is 0. The molecule has 0 bridgehead atoms. The number of nitrogens with zero attached hydrogens (tertiary/aromatic N) is 3. The van der Waals surface area contributed by atoms with Crippen LogP contribution in [0, 0.1) is 5.92 Å². The van der Waals surface area contributed by atoms with Gasteiger partial charge in [0.05, 0.1) is 12.0 Å². The zero-order chi connectivity index (χ0) is 15.4. The number of imidazole rings is 1. The van der Waals surface area contributed by atoms with Gasteiger partial charge in [0.1, 0.15) is 0 Å². The second kappa shape index (κ2) is 6.56. The number of pyridine rings is 1. The normalized spacial score (nSPS) is 11.0. The van der Waals surface area contributed by atoms with E-state index in [9.17, 15) is 0 Å². The van der Waals surface area contributed by atoms with Crippen molar-refractivity contribution in [2.45, 2.75) is 26.8 Å². The number of benzene rings is 1. The van der Waals surface area contributed by atoms with Gasteiger partial charge in [-0.15, -0.1) is 0 Å². The van der Waals surface area contributed by atoms with Crippen LogP contribution in [0.2, 0.25) is 0 Å². The molecule has 2 heterocycles. The highest BCUT2D eigenvalue weighted by Crippen LogP contribution is 2.25. The lowest BCUT2D eigenvalue weighted by atomic mass is 10.0. The first-order valence-electron chi connectivity index (χ1n) is 7.72. The summed E-state index contributed by atoms with van der Waals surface area (Å²) in [6, 6.07) is 14.5. The van der Waals surface area contributed by atoms with Crippen LogP contribution in [0.5, 0.6) is 0 Å². The molecule has 0 N–H and O–H groups in total. The highest BCUT2D eigenvalue weighted by molar-refractivity contribution is 5.61. The minimum Gasteiger partial charge on any atom is -0.330 e. The van der Waals surface area contributed by atoms with Crippen molar-refractivity contribution in [2.24, 2.45) is 5.92 Å². The van der Waals surface area contributed by atoms with E-state index in [0.717, 1.165) is 18.7 Å². The SMILES string of the molecule is CC(C)Cc1c(-c2ccccc2)ncn1Cc1ccncc1. The van der Waals surface area contributed by atoms with Crippen LogP contribution in [0.1, 0.15) is 25.1 Å². The first kappa shape index (κ1) is 14.5. The van der Waals surface area contributed by atoms with Gasteiger partial charge in [-0.05, 0) is 30.0 Å². The lowest BCUT2D eigenvalue weighted by Gasteiger charge is -2.12. The van der Waals surface area contributed by atoms with Gasteiger partial charge in [0.2, 0.25) is 0 Å². The number of hydrogen-bond acceptors (Lipinski definition) is 2. The molecule has 0 saturated carbocycles.